The number of benzene rings is 1. The van der Waals surface area contributed by atoms with E-state index < -0.39 is 6.10 Å². The second-order valence-corrected chi connectivity index (χ2v) is 7.25. The Labute approximate surface area is 159 Å². The van der Waals surface area contributed by atoms with Gasteiger partial charge >= 0.3 is 0 Å². The van der Waals surface area contributed by atoms with E-state index in [-0.39, 0.29) is 6.79 Å². The van der Waals surface area contributed by atoms with E-state index in [0.717, 1.165) is 55.2 Å². The van der Waals surface area contributed by atoms with Crippen molar-refractivity contribution >= 4 is 0 Å². The number of aryl methyl sites for hydroxylation is 1. The highest BCUT2D eigenvalue weighted by Crippen LogP contribution is 2.35. The zero-order chi connectivity index (χ0) is 18.6. The van der Waals surface area contributed by atoms with Crippen molar-refractivity contribution in [1.29, 1.82) is 0 Å². The van der Waals surface area contributed by atoms with Gasteiger partial charge in [0, 0.05) is 37.5 Å². The highest BCUT2D eigenvalue weighted by atomic mass is 16.7. The van der Waals surface area contributed by atoms with Crippen LogP contribution < -0.4 is 14.2 Å². The predicted molar refractivity (Wildman–Crippen MR) is 100 cm³/mol. The zero-order valence-electron chi connectivity index (χ0n) is 15.7. The molecule has 1 fully saturated rings. The van der Waals surface area contributed by atoms with Crippen molar-refractivity contribution in [2.75, 3.05) is 26.5 Å². The predicted octanol–water partition coefficient (Wildman–Crippen LogP) is 2.51. The molecule has 1 aromatic carbocycles. The van der Waals surface area contributed by atoms with E-state index in [1.54, 1.807) is 10.9 Å². The first-order valence-corrected chi connectivity index (χ1v) is 9.62. The second kappa shape index (κ2) is 8.19. The van der Waals surface area contributed by atoms with E-state index in [4.69, 9.17) is 14.2 Å². The lowest BCUT2D eigenvalue weighted by molar-refractivity contribution is 0.117. The van der Waals surface area contributed by atoms with E-state index in [1.807, 2.05) is 31.4 Å². The molecule has 2 aliphatic heterocycles. The molecule has 1 N–H and O–H groups in total. The van der Waals surface area contributed by atoms with Crippen molar-refractivity contribution in [3.05, 3.63) is 36.2 Å². The lowest BCUT2D eigenvalue weighted by Gasteiger charge is -2.26. The smallest absolute Gasteiger partial charge is 0.231 e. The van der Waals surface area contributed by atoms with Crippen LogP contribution in [0.3, 0.4) is 0 Å². The molecule has 146 valence electrons. The van der Waals surface area contributed by atoms with Gasteiger partial charge in [0.05, 0.1) is 18.9 Å². The molecule has 3 heterocycles. The first kappa shape index (κ1) is 18.1. The van der Waals surface area contributed by atoms with Gasteiger partial charge in [-0.1, -0.05) is 0 Å². The molecule has 0 radical (unpaired) electrons. The van der Waals surface area contributed by atoms with Crippen LogP contribution in [0, 0.1) is 0 Å². The van der Waals surface area contributed by atoms with Crippen LogP contribution in [-0.2, 0) is 7.05 Å². The number of nitrogens with zero attached hydrogens (tertiary/aromatic N) is 3. The standard InChI is InChI=1S/C20H27N3O4/c1-22-13-15(12-21-22)18(24)10-16-4-2-7-23(16)8-3-9-25-17-5-6-19-20(11-17)27-14-26-19/h5-6,11-13,16,18,24H,2-4,7-10,14H2,1H3/t16-,18-/m0/s1. The summed E-state index contributed by atoms with van der Waals surface area (Å²) in [6.45, 7) is 3.01. The lowest BCUT2D eigenvalue weighted by Crippen LogP contribution is -2.32. The third kappa shape index (κ3) is 4.36. The number of aromatic nitrogens is 2. The number of aliphatic hydroxyl groups excluding tert-OH is 1. The van der Waals surface area contributed by atoms with Gasteiger partial charge in [0.2, 0.25) is 6.79 Å². The van der Waals surface area contributed by atoms with E-state index >= 15 is 0 Å². The highest BCUT2D eigenvalue weighted by molar-refractivity contribution is 5.46. The van der Waals surface area contributed by atoms with Crippen LogP contribution in [0.2, 0.25) is 0 Å². The highest BCUT2D eigenvalue weighted by Gasteiger charge is 2.27. The molecule has 4 rings (SSSR count). The Bertz CT molecular complexity index is 763. The summed E-state index contributed by atoms with van der Waals surface area (Å²) in [6.07, 6.45) is 7.23. The molecule has 1 aromatic heterocycles. The van der Waals surface area contributed by atoms with Crippen LogP contribution in [0.15, 0.2) is 30.6 Å². The Morgan fingerprint density at radius 3 is 3.07 bits per heavy atom. The quantitative estimate of drug-likeness (QED) is 0.717. The van der Waals surface area contributed by atoms with E-state index in [1.165, 1.54) is 6.42 Å². The maximum absolute atomic E-state index is 10.5. The van der Waals surface area contributed by atoms with Crippen LogP contribution in [0.4, 0.5) is 0 Å². The minimum absolute atomic E-state index is 0.278. The Morgan fingerprint density at radius 1 is 1.33 bits per heavy atom. The molecular formula is C20H27N3O4. The normalized spacial score (nSPS) is 20.1. The molecule has 0 saturated carbocycles. The summed E-state index contributed by atoms with van der Waals surface area (Å²) in [5.74, 6) is 2.33. The number of hydrogen-bond donors (Lipinski definition) is 1. The summed E-state index contributed by atoms with van der Waals surface area (Å²) >= 11 is 0. The summed E-state index contributed by atoms with van der Waals surface area (Å²) < 4.78 is 18.3. The molecule has 2 aromatic rings. The molecule has 0 spiro atoms. The Morgan fingerprint density at radius 2 is 2.22 bits per heavy atom. The Kier molecular flexibility index (Phi) is 5.50. The van der Waals surface area contributed by atoms with Crippen LogP contribution >= 0.6 is 0 Å². The number of rotatable bonds is 8. The van der Waals surface area contributed by atoms with Crippen LogP contribution in [0.25, 0.3) is 0 Å². The van der Waals surface area contributed by atoms with Crippen LogP contribution in [0.1, 0.15) is 37.4 Å². The fourth-order valence-electron chi connectivity index (χ4n) is 3.89. The average Bonchev–Trinajstić information content (AvgIpc) is 3.39. The van der Waals surface area contributed by atoms with Gasteiger partial charge in [0.1, 0.15) is 5.75 Å². The Balaban J connectivity index is 1.22. The topological polar surface area (TPSA) is 69.0 Å². The van der Waals surface area contributed by atoms with Crippen molar-refractivity contribution < 1.29 is 19.3 Å². The number of hydrogen-bond acceptors (Lipinski definition) is 6. The third-order valence-corrected chi connectivity index (χ3v) is 5.31. The monoisotopic (exact) mass is 373 g/mol. The lowest BCUT2D eigenvalue weighted by atomic mass is 10.0. The molecule has 0 unspecified atom stereocenters. The van der Waals surface area contributed by atoms with Gasteiger partial charge in [-0.15, -0.1) is 0 Å². The molecule has 0 amide bonds. The van der Waals surface area contributed by atoms with Crippen molar-refractivity contribution in [3.8, 4) is 17.2 Å². The van der Waals surface area contributed by atoms with Gasteiger partial charge in [-0.2, -0.15) is 5.10 Å². The molecule has 7 heteroatoms. The molecule has 27 heavy (non-hydrogen) atoms. The molecule has 2 atom stereocenters. The van der Waals surface area contributed by atoms with Gasteiger partial charge in [-0.25, -0.2) is 0 Å². The summed E-state index contributed by atoms with van der Waals surface area (Å²) in [4.78, 5) is 2.47. The Hall–Kier alpha value is -2.25. The molecule has 2 aliphatic rings. The third-order valence-electron chi connectivity index (χ3n) is 5.31. The first-order chi connectivity index (χ1) is 13.2. The summed E-state index contributed by atoms with van der Waals surface area (Å²) in [5.41, 5.74) is 0.899. The van der Waals surface area contributed by atoms with E-state index in [9.17, 15) is 5.11 Å². The van der Waals surface area contributed by atoms with Gasteiger partial charge < -0.3 is 24.2 Å². The molecule has 1 saturated heterocycles. The number of likely N-dealkylation sites (tertiary alicyclic amines) is 1. The minimum atomic E-state index is -0.450. The van der Waals surface area contributed by atoms with Crippen molar-refractivity contribution in [2.24, 2.45) is 7.05 Å². The average molecular weight is 373 g/mol. The second-order valence-electron chi connectivity index (χ2n) is 7.25. The summed E-state index contributed by atoms with van der Waals surface area (Å²) in [7, 11) is 1.87. The summed E-state index contributed by atoms with van der Waals surface area (Å²) in [5, 5.41) is 14.6. The first-order valence-electron chi connectivity index (χ1n) is 9.62. The number of fused-ring (bicyclic) bond motifs is 1. The van der Waals surface area contributed by atoms with E-state index in [2.05, 4.69) is 10.00 Å². The van der Waals surface area contributed by atoms with E-state index in [0.29, 0.717) is 12.6 Å². The van der Waals surface area contributed by atoms with Crippen molar-refractivity contribution in [3.63, 3.8) is 0 Å². The van der Waals surface area contributed by atoms with Gasteiger partial charge in [0.25, 0.3) is 0 Å². The molecular weight excluding hydrogens is 346 g/mol. The fourth-order valence-corrected chi connectivity index (χ4v) is 3.89. The van der Waals surface area contributed by atoms with Crippen molar-refractivity contribution in [2.45, 2.75) is 37.8 Å². The molecule has 7 nitrogen and oxygen atoms in total. The SMILES string of the molecule is Cn1cc([C@@H](O)C[C@@H]2CCCN2CCCOc2ccc3c(c2)OCO3)cn1. The maximum Gasteiger partial charge on any atom is 0.231 e. The molecule has 0 aliphatic carbocycles. The maximum atomic E-state index is 10.5. The summed E-state index contributed by atoms with van der Waals surface area (Å²) in [6, 6.07) is 6.10. The fraction of sp³-hybridized carbons (Fsp3) is 0.550. The van der Waals surface area contributed by atoms with Crippen LogP contribution in [0.5, 0.6) is 17.2 Å². The van der Waals surface area contributed by atoms with Crippen molar-refractivity contribution in [1.82, 2.24) is 14.7 Å². The van der Waals surface area contributed by atoms with Gasteiger partial charge in [0.15, 0.2) is 11.5 Å². The largest absolute Gasteiger partial charge is 0.493 e. The number of ether oxygens (including phenoxy) is 3. The van der Waals surface area contributed by atoms with Crippen LogP contribution in [-0.4, -0.2) is 52.3 Å². The van der Waals surface area contributed by atoms with Gasteiger partial charge in [-0.05, 0) is 44.4 Å². The zero-order valence-corrected chi connectivity index (χ0v) is 15.7. The number of aliphatic hydroxyl groups is 1. The minimum Gasteiger partial charge on any atom is -0.493 e. The van der Waals surface area contributed by atoms with Gasteiger partial charge in [-0.3, -0.25) is 4.68 Å². The molecule has 0 bridgehead atoms.